The van der Waals surface area contributed by atoms with Gasteiger partial charge in [-0.15, -0.1) is 0 Å². The van der Waals surface area contributed by atoms with Gasteiger partial charge in [-0.05, 0) is 53.4 Å². The van der Waals surface area contributed by atoms with E-state index >= 15 is 0 Å². The smallest absolute Gasteiger partial charge is 0.233 e. The van der Waals surface area contributed by atoms with Gasteiger partial charge in [-0.3, -0.25) is 19.3 Å². The Balaban J connectivity index is 1.79. The molecule has 2 fully saturated rings. The van der Waals surface area contributed by atoms with Crippen molar-refractivity contribution in [2.45, 2.75) is 155 Å². The van der Waals surface area contributed by atoms with Gasteiger partial charge in [0.2, 0.25) is 11.8 Å². The van der Waals surface area contributed by atoms with E-state index in [-0.39, 0.29) is 34.9 Å². The summed E-state index contributed by atoms with van der Waals surface area (Å²) >= 11 is 0. The van der Waals surface area contributed by atoms with Crippen molar-refractivity contribution in [3.05, 3.63) is 0 Å². The molecular weight excluding hydrogens is 412 g/mol. The highest BCUT2D eigenvalue weighted by Crippen LogP contribution is 2.42. The number of hydroxylamine groups is 2. The molecule has 0 N–H and O–H groups in total. The van der Waals surface area contributed by atoms with Crippen molar-refractivity contribution in [3.63, 3.8) is 0 Å². The van der Waals surface area contributed by atoms with Crippen LogP contribution in [-0.4, -0.2) is 45.5 Å². The van der Waals surface area contributed by atoms with Crippen LogP contribution in [0.5, 0.6) is 0 Å². The Morgan fingerprint density at radius 2 is 1.30 bits per heavy atom. The Morgan fingerprint density at radius 1 is 0.788 bits per heavy atom. The Hall–Kier alpha value is -0.940. The molecule has 2 aliphatic rings. The van der Waals surface area contributed by atoms with Crippen molar-refractivity contribution >= 4 is 11.8 Å². The molecule has 5 nitrogen and oxygen atoms in total. The van der Waals surface area contributed by atoms with Gasteiger partial charge in [0, 0.05) is 29.5 Å². The maximum Gasteiger partial charge on any atom is 0.233 e. The van der Waals surface area contributed by atoms with Gasteiger partial charge < -0.3 is 0 Å². The van der Waals surface area contributed by atoms with E-state index < -0.39 is 0 Å². The highest BCUT2D eigenvalue weighted by molar-refractivity contribution is 6.03. The quantitative estimate of drug-likeness (QED) is 0.193. The van der Waals surface area contributed by atoms with E-state index in [0.717, 1.165) is 32.1 Å². The predicted octanol–water partition coefficient (Wildman–Crippen LogP) is 7.04. The lowest BCUT2D eigenvalue weighted by Crippen LogP contribution is -2.64. The van der Waals surface area contributed by atoms with Crippen LogP contribution in [0, 0.1) is 5.92 Å². The molecule has 1 atom stereocenters. The lowest BCUT2D eigenvalue weighted by atomic mass is 9.78. The molecule has 0 aromatic heterocycles. The molecule has 0 radical (unpaired) electrons. The minimum atomic E-state index is -0.225. The maximum atomic E-state index is 13.2. The van der Waals surface area contributed by atoms with Crippen molar-refractivity contribution in [2.75, 3.05) is 6.61 Å². The molecule has 2 saturated heterocycles. The van der Waals surface area contributed by atoms with Gasteiger partial charge >= 0.3 is 0 Å². The van der Waals surface area contributed by atoms with E-state index in [1.54, 1.807) is 4.90 Å². The van der Waals surface area contributed by atoms with Gasteiger partial charge in [0.1, 0.15) is 0 Å². The predicted molar refractivity (Wildman–Crippen MR) is 136 cm³/mol. The largest absolute Gasteiger partial charge is 0.298 e. The fourth-order valence-corrected chi connectivity index (χ4v) is 6.13. The minimum absolute atomic E-state index is 0.0332. The van der Waals surface area contributed by atoms with Crippen molar-refractivity contribution < 1.29 is 14.4 Å². The average molecular weight is 465 g/mol. The number of carbonyl (C=O) groups is 2. The van der Waals surface area contributed by atoms with Crippen molar-refractivity contribution in [1.29, 1.82) is 0 Å². The third-order valence-electron chi connectivity index (χ3n) is 7.54. The maximum absolute atomic E-state index is 13.2. The lowest BCUT2D eigenvalue weighted by Gasteiger charge is -2.54. The second kappa shape index (κ2) is 13.2. The van der Waals surface area contributed by atoms with Crippen molar-refractivity contribution in [2.24, 2.45) is 5.92 Å². The molecule has 0 aromatic rings. The molecule has 33 heavy (non-hydrogen) atoms. The second-order valence-electron chi connectivity index (χ2n) is 11.8. The summed E-state index contributed by atoms with van der Waals surface area (Å²) in [7, 11) is 0. The Bertz CT molecular complexity index is 598. The van der Waals surface area contributed by atoms with Crippen molar-refractivity contribution in [3.8, 4) is 0 Å². The second-order valence-corrected chi connectivity index (χ2v) is 11.8. The topological polar surface area (TPSA) is 49.9 Å². The van der Waals surface area contributed by atoms with Crippen LogP contribution < -0.4 is 0 Å². The first kappa shape index (κ1) is 28.3. The standard InChI is InChI=1S/C28H52N2O3/c1-7-9-10-11-12-13-14-15-16-17-18-23-20-25(31)29(26(23)32)24-21-27(3,4)30(33-19-8-2)28(5,6)22-24/h23-24H,7-22H2,1-6H3. The number of rotatable bonds is 15. The van der Waals surface area contributed by atoms with E-state index in [9.17, 15) is 9.59 Å². The first-order valence-corrected chi connectivity index (χ1v) is 13.9. The highest BCUT2D eigenvalue weighted by atomic mass is 16.7. The van der Waals surface area contributed by atoms with Gasteiger partial charge in [0.15, 0.2) is 0 Å². The molecule has 2 heterocycles. The molecule has 5 heteroatoms. The third-order valence-corrected chi connectivity index (χ3v) is 7.54. The summed E-state index contributed by atoms with van der Waals surface area (Å²) in [5, 5.41) is 2.12. The minimum Gasteiger partial charge on any atom is -0.298 e. The highest BCUT2D eigenvalue weighted by Gasteiger charge is 2.52. The molecule has 0 spiro atoms. The molecule has 0 bridgehead atoms. The number of likely N-dealkylation sites (tertiary alicyclic amines) is 1. The Labute approximate surface area is 203 Å². The number of carbonyl (C=O) groups excluding carboxylic acids is 2. The molecular formula is C28H52N2O3. The summed E-state index contributed by atoms with van der Waals surface area (Å²) in [6.45, 7) is 13.7. The summed E-state index contributed by atoms with van der Waals surface area (Å²) in [5.74, 6) is 0.0131. The zero-order valence-corrected chi connectivity index (χ0v) is 22.6. The molecule has 1 unspecified atom stereocenters. The van der Waals surface area contributed by atoms with E-state index in [4.69, 9.17) is 4.84 Å². The third kappa shape index (κ3) is 8.06. The average Bonchev–Trinajstić information content (AvgIpc) is 3.01. The molecule has 2 rings (SSSR count). The summed E-state index contributed by atoms with van der Waals surface area (Å²) in [4.78, 5) is 33.9. The zero-order chi connectivity index (χ0) is 24.5. The van der Waals surface area contributed by atoms with Gasteiger partial charge in [0.05, 0.1) is 6.61 Å². The zero-order valence-electron chi connectivity index (χ0n) is 22.6. The van der Waals surface area contributed by atoms with Gasteiger partial charge in [-0.2, -0.15) is 5.06 Å². The summed E-state index contributed by atoms with van der Waals surface area (Å²) in [6, 6.07) is -0.0332. The Kier molecular flexibility index (Phi) is 11.3. The molecule has 0 saturated carbocycles. The van der Waals surface area contributed by atoms with Crippen LogP contribution in [0.25, 0.3) is 0 Å². The summed E-state index contributed by atoms with van der Waals surface area (Å²) in [6.07, 6.45) is 16.7. The van der Waals surface area contributed by atoms with E-state index in [1.165, 1.54) is 57.8 Å². The monoisotopic (exact) mass is 464 g/mol. The Morgan fingerprint density at radius 3 is 1.82 bits per heavy atom. The van der Waals surface area contributed by atoms with Crippen LogP contribution in [0.2, 0.25) is 0 Å². The first-order valence-electron chi connectivity index (χ1n) is 13.9. The SMILES string of the molecule is CCCCCCCCCCCCC1CC(=O)N(C2CC(C)(C)N(OCCC)C(C)(C)C2)C1=O. The number of nitrogens with zero attached hydrogens (tertiary/aromatic N) is 2. The van der Waals surface area contributed by atoms with Crippen LogP contribution in [0.15, 0.2) is 0 Å². The number of hydrogen-bond donors (Lipinski definition) is 0. The van der Waals surface area contributed by atoms with E-state index in [1.807, 2.05) is 0 Å². The molecule has 0 aliphatic carbocycles. The molecule has 2 amide bonds. The van der Waals surface area contributed by atoms with Gasteiger partial charge in [0.25, 0.3) is 0 Å². The van der Waals surface area contributed by atoms with E-state index in [0.29, 0.717) is 13.0 Å². The lowest BCUT2D eigenvalue weighted by molar-refractivity contribution is -0.286. The normalized spacial score (nSPS) is 23.6. The van der Waals surface area contributed by atoms with Crippen LogP contribution in [-0.2, 0) is 14.4 Å². The van der Waals surface area contributed by atoms with Crippen molar-refractivity contribution in [1.82, 2.24) is 9.96 Å². The van der Waals surface area contributed by atoms with Crippen LogP contribution in [0.3, 0.4) is 0 Å². The van der Waals surface area contributed by atoms with E-state index in [2.05, 4.69) is 46.6 Å². The van der Waals surface area contributed by atoms with Crippen LogP contribution in [0.4, 0.5) is 0 Å². The first-order chi connectivity index (χ1) is 15.6. The van der Waals surface area contributed by atoms with Crippen LogP contribution in [0.1, 0.15) is 138 Å². The summed E-state index contributed by atoms with van der Waals surface area (Å²) in [5.41, 5.74) is -0.451. The number of amides is 2. The number of hydrogen-bond acceptors (Lipinski definition) is 4. The van der Waals surface area contributed by atoms with Gasteiger partial charge in [-0.1, -0.05) is 78.1 Å². The fourth-order valence-electron chi connectivity index (χ4n) is 6.13. The molecule has 192 valence electrons. The molecule has 2 aliphatic heterocycles. The fraction of sp³-hybridized carbons (Fsp3) is 0.929. The number of piperidine rings is 1. The number of unbranched alkanes of at least 4 members (excludes halogenated alkanes) is 9. The number of imide groups is 1. The van der Waals surface area contributed by atoms with Gasteiger partial charge in [-0.25, -0.2) is 0 Å². The summed E-state index contributed by atoms with van der Waals surface area (Å²) < 4.78 is 0. The van der Waals surface area contributed by atoms with Crippen LogP contribution >= 0.6 is 0 Å². The molecule has 0 aromatic carbocycles.